The first-order chi connectivity index (χ1) is 5.70. The number of ether oxygens (including phenoxy) is 2. The lowest BCUT2D eigenvalue weighted by atomic mass is 10.3. The first-order valence-corrected chi connectivity index (χ1v) is 3.95. The van der Waals surface area contributed by atoms with E-state index < -0.39 is 0 Å². The molecule has 12 heavy (non-hydrogen) atoms. The Morgan fingerprint density at radius 3 is 2.42 bits per heavy atom. The van der Waals surface area contributed by atoms with Crippen molar-refractivity contribution >= 4 is 11.9 Å². The zero-order valence-electron chi connectivity index (χ0n) is 7.20. The Hall–Kier alpha value is -1.06. The third-order valence-corrected chi connectivity index (χ3v) is 1.88. The number of methoxy groups -OCH3 is 1. The molecule has 4 heteroatoms. The number of carbonyl (C=O) groups excluding carboxylic acids is 2. The lowest BCUT2D eigenvalue weighted by Crippen LogP contribution is -2.12. The predicted octanol–water partition coefficient (Wildman–Crippen LogP) is 0.359. The molecule has 0 aliphatic heterocycles. The Morgan fingerprint density at radius 2 is 1.92 bits per heavy atom. The van der Waals surface area contributed by atoms with Crippen molar-refractivity contribution < 1.29 is 19.1 Å². The summed E-state index contributed by atoms with van der Waals surface area (Å²) in [7, 11) is 1.32. The Morgan fingerprint density at radius 1 is 1.33 bits per heavy atom. The number of carbonyl (C=O) groups is 2. The normalized spacial score (nSPS) is 26.2. The fourth-order valence-electron chi connectivity index (χ4n) is 1.12. The SMILES string of the molecule is CCOC(=O)[C@@H]1C[C@H]1C(=O)OC. The van der Waals surface area contributed by atoms with Gasteiger partial charge < -0.3 is 9.47 Å². The Balaban J connectivity index is 2.32. The summed E-state index contributed by atoms with van der Waals surface area (Å²) >= 11 is 0. The molecule has 0 radical (unpaired) electrons. The van der Waals surface area contributed by atoms with Gasteiger partial charge in [-0.2, -0.15) is 0 Å². The molecule has 1 saturated carbocycles. The summed E-state index contributed by atoms with van der Waals surface area (Å²) in [6.07, 6.45) is 0.575. The largest absolute Gasteiger partial charge is 0.469 e. The summed E-state index contributed by atoms with van der Waals surface area (Å²) in [5.74, 6) is -1.10. The molecule has 4 nitrogen and oxygen atoms in total. The lowest BCUT2D eigenvalue weighted by Gasteiger charge is -1.99. The minimum atomic E-state index is -0.312. The van der Waals surface area contributed by atoms with E-state index in [1.807, 2.05) is 0 Å². The van der Waals surface area contributed by atoms with Crippen LogP contribution in [0, 0.1) is 11.8 Å². The zero-order valence-corrected chi connectivity index (χ0v) is 7.20. The molecular formula is C8H12O4. The van der Waals surface area contributed by atoms with Gasteiger partial charge in [0.05, 0.1) is 25.6 Å². The fourth-order valence-corrected chi connectivity index (χ4v) is 1.12. The molecule has 0 N–H and O–H groups in total. The van der Waals surface area contributed by atoms with Crippen molar-refractivity contribution in [2.24, 2.45) is 11.8 Å². The van der Waals surface area contributed by atoms with Gasteiger partial charge in [0, 0.05) is 0 Å². The molecule has 0 aromatic rings. The first-order valence-electron chi connectivity index (χ1n) is 3.95. The van der Waals surface area contributed by atoms with E-state index in [0.717, 1.165) is 0 Å². The minimum Gasteiger partial charge on any atom is -0.469 e. The highest BCUT2D eigenvalue weighted by atomic mass is 16.5. The molecule has 0 aromatic heterocycles. The van der Waals surface area contributed by atoms with Crippen LogP contribution in [0.4, 0.5) is 0 Å². The zero-order chi connectivity index (χ0) is 9.14. The van der Waals surface area contributed by atoms with E-state index in [1.54, 1.807) is 6.92 Å². The molecule has 0 amide bonds. The van der Waals surface area contributed by atoms with Crippen LogP contribution >= 0.6 is 0 Å². The second-order valence-electron chi connectivity index (χ2n) is 2.72. The topological polar surface area (TPSA) is 52.6 Å². The molecular weight excluding hydrogens is 160 g/mol. The molecule has 0 saturated heterocycles. The molecule has 0 bridgehead atoms. The summed E-state index contributed by atoms with van der Waals surface area (Å²) in [4.78, 5) is 21.9. The minimum absolute atomic E-state index is 0.252. The first kappa shape index (κ1) is 9.03. The predicted molar refractivity (Wildman–Crippen MR) is 40.2 cm³/mol. The third-order valence-electron chi connectivity index (χ3n) is 1.88. The summed E-state index contributed by atoms with van der Waals surface area (Å²) in [5.41, 5.74) is 0. The fraction of sp³-hybridized carbons (Fsp3) is 0.750. The highest BCUT2D eigenvalue weighted by Gasteiger charge is 2.49. The summed E-state index contributed by atoms with van der Waals surface area (Å²) in [6, 6.07) is 0. The van der Waals surface area contributed by atoms with E-state index in [4.69, 9.17) is 4.74 Å². The molecule has 1 aliphatic rings. The van der Waals surface area contributed by atoms with Crippen LogP contribution < -0.4 is 0 Å². The van der Waals surface area contributed by atoms with Gasteiger partial charge in [-0.1, -0.05) is 0 Å². The van der Waals surface area contributed by atoms with E-state index >= 15 is 0 Å². The number of rotatable bonds is 3. The van der Waals surface area contributed by atoms with Gasteiger partial charge in [0.15, 0.2) is 0 Å². The van der Waals surface area contributed by atoms with Crippen LogP contribution in [0.3, 0.4) is 0 Å². The average molecular weight is 172 g/mol. The van der Waals surface area contributed by atoms with Gasteiger partial charge in [0.25, 0.3) is 0 Å². The van der Waals surface area contributed by atoms with Crippen LogP contribution in [0.1, 0.15) is 13.3 Å². The van der Waals surface area contributed by atoms with Crippen molar-refractivity contribution in [2.75, 3.05) is 13.7 Å². The van der Waals surface area contributed by atoms with Crippen LogP contribution in [0.2, 0.25) is 0 Å². The smallest absolute Gasteiger partial charge is 0.309 e. The summed E-state index contributed by atoms with van der Waals surface area (Å²) in [5, 5.41) is 0. The molecule has 0 heterocycles. The second kappa shape index (κ2) is 3.56. The van der Waals surface area contributed by atoms with Gasteiger partial charge >= 0.3 is 11.9 Å². The molecule has 0 spiro atoms. The average Bonchev–Trinajstić information content (AvgIpc) is 2.82. The van der Waals surface area contributed by atoms with E-state index in [0.29, 0.717) is 13.0 Å². The molecule has 1 rings (SSSR count). The summed E-state index contributed by atoms with van der Waals surface area (Å²) in [6.45, 7) is 2.11. The van der Waals surface area contributed by atoms with Crippen molar-refractivity contribution in [3.05, 3.63) is 0 Å². The molecule has 1 fully saturated rings. The molecule has 2 atom stereocenters. The van der Waals surface area contributed by atoms with E-state index in [-0.39, 0.29) is 23.8 Å². The monoisotopic (exact) mass is 172 g/mol. The van der Waals surface area contributed by atoms with E-state index in [2.05, 4.69) is 4.74 Å². The molecule has 0 unspecified atom stereocenters. The van der Waals surface area contributed by atoms with E-state index in [1.165, 1.54) is 7.11 Å². The maximum Gasteiger partial charge on any atom is 0.309 e. The van der Waals surface area contributed by atoms with Gasteiger partial charge in [-0.05, 0) is 13.3 Å². The van der Waals surface area contributed by atoms with Gasteiger partial charge in [0.1, 0.15) is 0 Å². The van der Waals surface area contributed by atoms with Crippen LogP contribution in [0.25, 0.3) is 0 Å². The maximum atomic E-state index is 11.0. The van der Waals surface area contributed by atoms with Crippen molar-refractivity contribution in [3.8, 4) is 0 Å². The number of esters is 2. The van der Waals surface area contributed by atoms with Crippen LogP contribution in [-0.2, 0) is 19.1 Å². The van der Waals surface area contributed by atoms with Gasteiger partial charge in [-0.3, -0.25) is 9.59 Å². The number of hydrogen-bond acceptors (Lipinski definition) is 4. The lowest BCUT2D eigenvalue weighted by molar-refractivity contribution is -0.149. The van der Waals surface area contributed by atoms with Crippen molar-refractivity contribution in [1.82, 2.24) is 0 Å². The molecule has 0 aromatic carbocycles. The van der Waals surface area contributed by atoms with Gasteiger partial charge in [-0.15, -0.1) is 0 Å². The second-order valence-corrected chi connectivity index (χ2v) is 2.72. The third kappa shape index (κ3) is 1.75. The van der Waals surface area contributed by atoms with Gasteiger partial charge in [-0.25, -0.2) is 0 Å². The maximum absolute atomic E-state index is 11.0. The molecule has 68 valence electrons. The quantitative estimate of drug-likeness (QED) is 0.577. The van der Waals surface area contributed by atoms with E-state index in [9.17, 15) is 9.59 Å². The van der Waals surface area contributed by atoms with Crippen molar-refractivity contribution in [2.45, 2.75) is 13.3 Å². The standard InChI is InChI=1S/C8H12O4/c1-3-12-8(10)6-4-5(6)7(9)11-2/h5-6H,3-4H2,1-2H3/t5-,6-/m1/s1. The van der Waals surface area contributed by atoms with Crippen LogP contribution in [-0.4, -0.2) is 25.7 Å². The Kier molecular flexibility index (Phi) is 2.68. The van der Waals surface area contributed by atoms with Crippen molar-refractivity contribution in [1.29, 1.82) is 0 Å². The highest BCUT2D eigenvalue weighted by Crippen LogP contribution is 2.40. The van der Waals surface area contributed by atoms with Crippen LogP contribution in [0.15, 0.2) is 0 Å². The van der Waals surface area contributed by atoms with Gasteiger partial charge in [0.2, 0.25) is 0 Å². The molecule has 1 aliphatic carbocycles. The van der Waals surface area contributed by atoms with Crippen molar-refractivity contribution in [3.63, 3.8) is 0 Å². The van der Waals surface area contributed by atoms with Crippen LogP contribution in [0.5, 0.6) is 0 Å². The summed E-state index contributed by atoms with van der Waals surface area (Å²) < 4.78 is 9.23. The Labute approximate surface area is 70.8 Å². The number of hydrogen-bond donors (Lipinski definition) is 0. The Bertz CT molecular complexity index is 199. The highest BCUT2D eigenvalue weighted by molar-refractivity contribution is 5.87.